The highest BCUT2D eigenvalue weighted by Gasteiger charge is 2.21. The van der Waals surface area contributed by atoms with E-state index in [0.717, 1.165) is 31.6 Å². The van der Waals surface area contributed by atoms with Gasteiger partial charge in [0.15, 0.2) is 5.82 Å². The van der Waals surface area contributed by atoms with E-state index in [9.17, 15) is 4.79 Å². The van der Waals surface area contributed by atoms with Crippen LogP contribution in [-0.2, 0) is 0 Å². The lowest BCUT2D eigenvalue weighted by Gasteiger charge is -2.21. The zero-order valence-electron chi connectivity index (χ0n) is 15.8. The molecule has 1 N–H and O–H groups in total. The lowest BCUT2D eigenvalue weighted by molar-refractivity contribution is 0.102. The van der Waals surface area contributed by atoms with E-state index in [1.807, 2.05) is 50.3 Å². The number of carbonyl (C=O) groups excluding carboxylic acids is 1. The molecule has 1 saturated heterocycles. The molecule has 3 aromatic heterocycles. The SMILES string of the molecule is Cc1nc2ccccn2c1C(=O)Nc1cnc(N2CCCC2)nc1N(C)C. The third-order valence-corrected chi connectivity index (χ3v) is 4.74. The lowest BCUT2D eigenvalue weighted by atomic mass is 10.3. The average Bonchev–Trinajstić information content (AvgIpc) is 3.28. The van der Waals surface area contributed by atoms with Crippen LogP contribution < -0.4 is 15.1 Å². The largest absolute Gasteiger partial charge is 0.361 e. The monoisotopic (exact) mass is 365 g/mol. The summed E-state index contributed by atoms with van der Waals surface area (Å²) < 4.78 is 1.79. The molecule has 0 spiro atoms. The number of amides is 1. The maximum atomic E-state index is 13.0. The molecule has 0 unspecified atom stereocenters. The minimum atomic E-state index is -0.230. The number of pyridine rings is 1. The first-order valence-electron chi connectivity index (χ1n) is 9.09. The molecule has 3 aromatic rings. The smallest absolute Gasteiger partial charge is 0.274 e. The van der Waals surface area contributed by atoms with Crippen molar-refractivity contribution < 1.29 is 4.79 Å². The van der Waals surface area contributed by atoms with Gasteiger partial charge in [-0.15, -0.1) is 0 Å². The summed E-state index contributed by atoms with van der Waals surface area (Å²) in [7, 11) is 3.82. The number of aromatic nitrogens is 4. The van der Waals surface area contributed by atoms with E-state index in [1.54, 1.807) is 10.6 Å². The predicted molar refractivity (Wildman–Crippen MR) is 106 cm³/mol. The van der Waals surface area contributed by atoms with Gasteiger partial charge in [-0.25, -0.2) is 9.97 Å². The van der Waals surface area contributed by atoms with Gasteiger partial charge in [-0.2, -0.15) is 4.98 Å². The predicted octanol–water partition coefficient (Wildman–Crippen LogP) is 2.35. The van der Waals surface area contributed by atoms with Crippen molar-refractivity contribution in [3.63, 3.8) is 0 Å². The number of imidazole rings is 1. The summed E-state index contributed by atoms with van der Waals surface area (Å²) in [5.74, 6) is 1.17. The second-order valence-corrected chi connectivity index (χ2v) is 6.92. The van der Waals surface area contributed by atoms with Crippen LogP contribution in [0.15, 0.2) is 30.6 Å². The quantitative estimate of drug-likeness (QED) is 0.765. The van der Waals surface area contributed by atoms with Crippen molar-refractivity contribution in [1.82, 2.24) is 19.4 Å². The number of rotatable bonds is 4. The maximum absolute atomic E-state index is 13.0. The maximum Gasteiger partial charge on any atom is 0.274 e. The summed E-state index contributed by atoms with van der Waals surface area (Å²) in [5.41, 5.74) is 2.52. The third-order valence-electron chi connectivity index (χ3n) is 4.74. The summed E-state index contributed by atoms with van der Waals surface area (Å²) in [6, 6.07) is 5.66. The van der Waals surface area contributed by atoms with Gasteiger partial charge >= 0.3 is 0 Å². The van der Waals surface area contributed by atoms with Crippen molar-refractivity contribution in [2.75, 3.05) is 42.3 Å². The Morgan fingerprint density at radius 2 is 1.96 bits per heavy atom. The number of anilines is 3. The van der Waals surface area contributed by atoms with Crippen molar-refractivity contribution in [2.45, 2.75) is 19.8 Å². The van der Waals surface area contributed by atoms with Crippen molar-refractivity contribution in [2.24, 2.45) is 0 Å². The molecule has 4 rings (SSSR count). The first-order valence-corrected chi connectivity index (χ1v) is 9.09. The first-order chi connectivity index (χ1) is 13.0. The minimum absolute atomic E-state index is 0.230. The molecular weight excluding hydrogens is 342 g/mol. The van der Waals surface area contributed by atoms with Crippen LogP contribution >= 0.6 is 0 Å². The Labute approximate surface area is 157 Å². The molecule has 140 valence electrons. The molecule has 0 atom stereocenters. The van der Waals surface area contributed by atoms with E-state index >= 15 is 0 Å². The van der Waals surface area contributed by atoms with Crippen LogP contribution in [0.5, 0.6) is 0 Å². The number of hydrogen-bond donors (Lipinski definition) is 1. The lowest BCUT2D eigenvalue weighted by Crippen LogP contribution is -2.24. The van der Waals surface area contributed by atoms with Crippen molar-refractivity contribution in [3.8, 4) is 0 Å². The van der Waals surface area contributed by atoms with Crippen molar-refractivity contribution in [1.29, 1.82) is 0 Å². The van der Waals surface area contributed by atoms with E-state index in [0.29, 0.717) is 28.8 Å². The Morgan fingerprint density at radius 3 is 2.70 bits per heavy atom. The Kier molecular flexibility index (Phi) is 4.39. The molecule has 1 aliphatic rings. The highest BCUT2D eigenvalue weighted by Crippen LogP contribution is 2.26. The van der Waals surface area contributed by atoms with Gasteiger partial charge in [0, 0.05) is 33.4 Å². The molecule has 0 aromatic carbocycles. The van der Waals surface area contributed by atoms with Crippen molar-refractivity contribution >= 4 is 29.0 Å². The van der Waals surface area contributed by atoms with E-state index < -0.39 is 0 Å². The van der Waals surface area contributed by atoms with Crippen LogP contribution in [0.1, 0.15) is 29.0 Å². The number of nitrogens with zero attached hydrogens (tertiary/aromatic N) is 6. The molecule has 0 aliphatic carbocycles. The zero-order chi connectivity index (χ0) is 19.0. The fourth-order valence-corrected chi connectivity index (χ4v) is 3.43. The van der Waals surface area contributed by atoms with Gasteiger partial charge in [-0.05, 0) is 31.9 Å². The van der Waals surface area contributed by atoms with E-state index in [2.05, 4.69) is 25.2 Å². The van der Waals surface area contributed by atoms with Gasteiger partial charge in [0.25, 0.3) is 5.91 Å². The molecule has 4 heterocycles. The van der Waals surface area contributed by atoms with Crippen LogP contribution in [-0.4, -0.2) is 52.4 Å². The Hall–Kier alpha value is -3.16. The highest BCUT2D eigenvalue weighted by atomic mass is 16.2. The summed E-state index contributed by atoms with van der Waals surface area (Å²) in [6.45, 7) is 3.78. The Morgan fingerprint density at radius 1 is 1.19 bits per heavy atom. The third kappa shape index (κ3) is 3.18. The fraction of sp³-hybridized carbons (Fsp3) is 0.368. The van der Waals surface area contributed by atoms with Crippen LogP contribution in [0, 0.1) is 6.92 Å². The van der Waals surface area contributed by atoms with Crippen LogP contribution in [0.2, 0.25) is 0 Å². The van der Waals surface area contributed by atoms with E-state index in [-0.39, 0.29) is 5.91 Å². The van der Waals surface area contributed by atoms with Gasteiger partial charge in [-0.1, -0.05) is 6.07 Å². The molecule has 1 amide bonds. The number of aryl methyl sites for hydroxylation is 1. The average molecular weight is 365 g/mol. The van der Waals surface area contributed by atoms with Crippen molar-refractivity contribution in [3.05, 3.63) is 42.0 Å². The topological polar surface area (TPSA) is 78.7 Å². The summed E-state index contributed by atoms with van der Waals surface area (Å²) in [4.78, 5) is 30.6. The molecule has 27 heavy (non-hydrogen) atoms. The standard InChI is InChI=1S/C19H23N7O/c1-13-16(26-11-5-4-8-15(26)21-13)18(27)22-14-12-20-19(23-17(14)24(2)3)25-9-6-7-10-25/h4-5,8,11-12H,6-7,9-10H2,1-3H3,(H,22,27). The molecule has 0 radical (unpaired) electrons. The second kappa shape index (κ2) is 6.86. The molecular formula is C19H23N7O. The van der Waals surface area contributed by atoms with Gasteiger partial charge < -0.3 is 15.1 Å². The fourth-order valence-electron chi connectivity index (χ4n) is 3.43. The van der Waals surface area contributed by atoms with Gasteiger partial charge in [0.05, 0.1) is 11.9 Å². The Bertz CT molecular complexity index is 989. The number of fused-ring (bicyclic) bond motifs is 1. The van der Waals surface area contributed by atoms with E-state index in [1.165, 1.54) is 0 Å². The molecule has 1 aliphatic heterocycles. The summed E-state index contributed by atoms with van der Waals surface area (Å²) >= 11 is 0. The normalized spacial score (nSPS) is 14.0. The zero-order valence-corrected chi connectivity index (χ0v) is 15.8. The number of carbonyl (C=O) groups is 1. The number of nitrogens with one attached hydrogen (secondary N) is 1. The molecule has 8 nitrogen and oxygen atoms in total. The molecule has 8 heteroatoms. The van der Waals surface area contributed by atoms with Gasteiger partial charge in [0.1, 0.15) is 17.0 Å². The van der Waals surface area contributed by atoms with E-state index in [4.69, 9.17) is 0 Å². The molecule has 0 saturated carbocycles. The first kappa shape index (κ1) is 17.3. The Balaban J connectivity index is 1.66. The number of hydrogen-bond acceptors (Lipinski definition) is 6. The van der Waals surface area contributed by atoms with Crippen LogP contribution in [0.4, 0.5) is 17.5 Å². The minimum Gasteiger partial charge on any atom is -0.361 e. The molecule has 0 bridgehead atoms. The second-order valence-electron chi connectivity index (χ2n) is 6.92. The van der Waals surface area contributed by atoms with Gasteiger partial charge in [0.2, 0.25) is 5.95 Å². The summed E-state index contributed by atoms with van der Waals surface area (Å²) in [6.07, 6.45) is 5.84. The van der Waals surface area contributed by atoms with Gasteiger partial charge in [-0.3, -0.25) is 9.20 Å². The molecule has 1 fully saturated rings. The summed E-state index contributed by atoms with van der Waals surface area (Å²) in [5, 5.41) is 2.96. The van der Waals surface area contributed by atoms with Crippen LogP contribution in [0.3, 0.4) is 0 Å². The van der Waals surface area contributed by atoms with Crippen LogP contribution in [0.25, 0.3) is 5.65 Å². The highest BCUT2D eigenvalue weighted by molar-refractivity contribution is 6.05.